The normalized spacial score (nSPS) is 20.0. The molecule has 2 bridgehead atoms. The Morgan fingerprint density at radius 3 is 2.62 bits per heavy atom. The van der Waals surface area contributed by atoms with Crippen molar-refractivity contribution in [3.8, 4) is 16.5 Å². The molecule has 0 radical (unpaired) electrons. The number of hydrogen-bond donors (Lipinski definition) is 0. The van der Waals surface area contributed by atoms with Crippen molar-refractivity contribution in [1.29, 1.82) is 5.26 Å². The molecule has 1 saturated heterocycles. The van der Waals surface area contributed by atoms with Gasteiger partial charge in [-0.2, -0.15) is 5.26 Å². The van der Waals surface area contributed by atoms with Crippen molar-refractivity contribution in [3.05, 3.63) is 81.1 Å². The van der Waals surface area contributed by atoms with Crippen molar-refractivity contribution >= 4 is 17.2 Å². The number of aromatic nitrogens is 1. The number of thiophene rings is 1. The third-order valence-corrected chi connectivity index (χ3v) is 6.83. The van der Waals surface area contributed by atoms with E-state index in [2.05, 4.69) is 12.1 Å². The minimum Gasteiger partial charge on any atom is -0.338 e. The number of carbonyl (C=O) groups excluding carboxylic acids is 1. The highest BCUT2D eigenvalue weighted by Gasteiger charge is 2.38. The Bertz CT molecular complexity index is 1170. The molecule has 2 aliphatic rings. The summed E-state index contributed by atoms with van der Waals surface area (Å²) in [6.07, 6.45) is 0.999. The smallest absolute Gasteiger partial charge is 0.253 e. The monoisotopic (exact) mass is 401 g/mol. The van der Waals surface area contributed by atoms with Gasteiger partial charge in [0.05, 0.1) is 11.6 Å². The third kappa shape index (κ3) is 3.08. The van der Waals surface area contributed by atoms with Crippen molar-refractivity contribution in [1.82, 2.24) is 9.47 Å². The number of pyridine rings is 1. The van der Waals surface area contributed by atoms with Gasteiger partial charge in [0.15, 0.2) is 0 Å². The standard InChI is InChI=1S/C23H19N3O2S/c24-11-15-3-5-17(6-4-15)23(28)25-12-16-10-18(14-25)22-19(20-2-1-9-29-20)7-8-21(27)26(22)13-16/h1-9,16,18H,10,12-14H2/t16-,18+/m0/s1. The summed E-state index contributed by atoms with van der Waals surface area (Å²) >= 11 is 1.67. The second-order valence-corrected chi connectivity index (χ2v) is 8.70. The van der Waals surface area contributed by atoms with Gasteiger partial charge in [-0.25, -0.2) is 0 Å². The first-order chi connectivity index (χ1) is 14.1. The molecule has 2 aliphatic heterocycles. The molecule has 6 heteroatoms. The number of carbonyl (C=O) groups is 1. The summed E-state index contributed by atoms with van der Waals surface area (Å²) in [5.41, 5.74) is 3.37. The summed E-state index contributed by atoms with van der Waals surface area (Å²) in [7, 11) is 0. The molecule has 0 N–H and O–H groups in total. The maximum absolute atomic E-state index is 13.1. The van der Waals surface area contributed by atoms with E-state index in [9.17, 15) is 9.59 Å². The molecule has 1 fully saturated rings. The first kappa shape index (κ1) is 17.9. The Balaban J connectivity index is 1.50. The maximum Gasteiger partial charge on any atom is 0.253 e. The van der Waals surface area contributed by atoms with Crippen LogP contribution in [-0.2, 0) is 6.54 Å². The number of hydrogen-bond acceptors (Lipinski definition) is 4. The topological polar surface area (TPSA) is 66.1 Å². The Morgan fingerprint density at radius 2 is 1.90 bits per heavy atom. The van der Waals surface area contributed by atoms with Crippen LogP contribution < -0.4 is 5.56 Å². The van der Waals surface area contributed by atoms with Crippen LogP contribution in [0.4, 0.5) is 0 Å². The van der Waals surface area contributed by atoms with E-state index in [1.807, 2.05) is 27.0 Å². The van der Waals surface area contributed by atoms with E-state index < -0.39 is 0 Å². The molecule has 0 spiro atoms. The first-order valence-electron chi connectivity index (χ1n) is 9.71. The highest BCUT2D eigenvalue weighted by atomic mass is 32.1. The van der Waals surface area contributed by atoms with Crippen molar-refractivity contribution in [2.45, 2.75) is 18.9 Å². The predicted octanol–water partition coefficient (Wildman–Crippen LogP) is 3.71. The molecule has 1 amide bonds. The highest BCUT2D eigenvalue weighted by Crippen LogP contribution is 2.41. The van der Waals surface area contributed by atoms with Crippen LogP contribution >= 0.6 is 11.3 Å². The van der Waals surface area contributed by atoms with Crippen LogP contribution in [0.25, 0.3) is 10.4 Å². The molecule has 0 unspecified atom stereocenters. The minimum absolute atomic E-state index is 0.00593. The lowest BCUT2D eigenvalue weighted by atomic mass is 9.81. The van der Waals surface area contributed by atoms with E-state index >= 15 is 0 Å². The second kappa shape index (κ2) is 7.02. The van der Waals surface area contributed by atoms with Gasteiger partial charge in [-0.1, -0.05) is 6.07 Å². The lowest BCUT2D eigenvalue weighted by Crippen LogP contribution is -2.49. The van der Waals surface area contributed by atoms with Crippen molar-refractivity contribution in [2.24, 2.45) is 5.92 Å². The number of amides is 1. The minimum atomic E-state index is -0.00593. The average molecular weight is 401 g/mol. The van der Waals surface area contributed by atoms with Gasteiger partial charge in [0.1, 0.15) is 0 Å². The van der Waals surface area contributed by atoms with E-state index in [1.165, 1.54) is 0 Å². The molecular formula is C23H19N3O2S. The van der Waals surface area contributed by atoms with Crippen LogP contribution in [0.2, 0.25) is 0 Å². The SMILES string of the molecule is N#Cc1ccc(C(=O)N2C[C@@H]3C[C@H](C2)c2c(-c4cccs4)ccc(=O)n2C3)cc1. The Kier molecular flexibility index (Phi) is 4.33. The number of rotatable bonds is 2. The summed E-state index contributed by atoms with van der Waals surface area (Å²) < 4.78 is 1.93. The van der Waals surface area contributed by atoms with Gasteiger partial charge < -0.3 is 9.47 Å². The Morgan fingerprint density at radius 1 is 1.07 bits per heavy atom. The number of benzene rings is 1. The fourth-order valence-corrected chi connectivity index (χ4v) is 5.45. The van der Waals surface area contributed by atoms with Crippen LogP contribution in [0.1, 0.15) is 34.0 Å². The van der Waals surface area contributed by atoms with Gasteiger partial charge in [-0.15, -0.1) is 11.3 Å². The third-order valence-electron chi connectivity index (χ3n) is 5.92. The van der Waals surface area contributed by atoms with Crippen molar-refractivity contribution in [3.63, 3.8) is 0 Å². The van der Waals surface area contributed by atoms with Crippen LogP contribution in [-0.4, -0.2) is 28.5 Å². The summed E-state index contributed by atoms with van der Waals surface area (Å²) in [6, 6.07) is 16.6. The van der Waals surface area contributed by atoms with Gasteiger partial charge in [0.2, 0.25) is 0 Å². The van der Waals surface area contributed by atoms with Gasteiger partial charge in [0.25, 0.3) is 11.5 Å². The van der Waals surface area contributed by atoms with Gasteiger partial charge in [-0.05, 0) is 54.1 Å². The number of nitriles is 1. The molecule has 2 aromatic heterocycles. The van der Waals surface area contributed by atoms with Crippen LogP contribution in [0.3, 0.4) is 0 Å². The summed E-state index contributed by atoms with van der Waals surface area (Å²) in [4.78, 5) is 28.7. The van der Waals surface area contributed by atoms with Crippen LogP contribution in [0.15, 0.2) is 58.7 Å². The first-order valence-corrected chi connectivity index (χ1v) is 10.6. The molecule has 0 saturated carbocycles. The van der Waals surface area contributed by atoms with Crippen LogP contribution in [0, 0.1) is 17.2 Å². The number of nitrogens with zero attached hydrogens (tertiary/aromatic N) is 3. The van der Waals surface area contributed by atoms with E-state index in [0.717, 1.165) is 22.6 Å². The zero-order chi connectivity index (χ0) is 20.0. The van der Waals surface area contributed by atoms with Crippen molar-refractivity contribution in [2.75, 3.05) is 13.1 Å². The summed E-state index contributed by atoms with van der Waals surface area (Å²) in [5.74, 6) is 0.421. The zero-order valence-corrected chi connectivity index (χ0v) is 16.6. The van der Waals surface area contributed by atoms with Crippen LogP contribution in [0.5, 0.6) is 0 Å². The quantitative estimate of drug-likeness (QED) is 0.658. The fourth-order valence-electron chi connectivity index (χ4n) is 4.69. The highest BCUT2D eigenvalue weighted by molar-refractivity contribution is 7.13. The zero-order valence-electron chi connectivity index (χ0n) is 15.7. The van der Waals surface area contributed by atoms with E-state index in [-0.39, 0.29) is 23.3 Å². The number of piperidine rings is 1. The largest absolute Gasteiger partial charge is 0.338 e. The molecule has 2 atom stereocenters. The number of fused-ring (bicyclic) bond motifs is 4. The molecule has 29 heavy (non-hydrogen) atoms. The fraction of sp³-hybridized carbons (Fsp3) is 0.261. The van der Waals surface area contributed by atoms with Gasteiger partial charge in [-0.3, -0.25) is 9.59 Å². The summed E-state index contributed by atoms with van der Waals surface area (Å²) in [6.45, 7) is 1.92. The molecule has 5 nitrogen and oxygen atoms in total. The van der Waals surface area contributed by atoms with E-state index in [0.29, 0.717) is 30.8 Å². The average Bonchev–Trinajstić information content (AvgIpc) is 3.28. The molecule has 4 heterocycles. The molecule has 5 rings (SSSR count). The predicted molar refractivity (Wildman–Crippen MR) is 112 cm³/mol. The van der Waals surface area contributed by atoms with E-state index in [1.54, 1.807) is 41.7 Å². The lowest BCUT2D eigenvalue weighted by Gasteiger charge is -2.43. The molecular weight excluding hydrogens is 382 g/mol. The molecule has 3 aromatic rings. The summed E-state index contributed by atoms with van der Waals surface area (Å²) in [5, 5.41) is 11.0. The molecule has 144 valence electrons. The second-order valence-electron chi connectivity index (χ2n) is 7.76. The lowest BCUT2D eigenvalue weighted by molar-refractivity contribution is 0.0595. The Hall–Kier alpha value is -3.17. The molecule has 0 aliphatic carbocycles. The molecule has 1 aromatic carbocycles. The van der Waals surface area contributed by atoms with Gasteiger partial charge in [0, 0.05) is 53.3 Å². The van der Waals surface area contributed by atoms with E-state index in [4.69, 9.17) is 5.26 Å². The van der Waals surface area contributed by atoms with Gasteiger partial charge >= 0.3 is 0 Å². The van der Waals surface area contributed by atoms with Crippen molar-refractivity contribution < 1.29 is 4.79 Å². The Labute approximate surface area is 172 Å². The maximum atomic E-state index is 13.1. The number of likely N-dealkylation sites (tertiary alicyclic amines) is 1.